The van der Waals surface area contributed by atoms with Crippen molar-refractivity contribution in [3.63, 3.8) is 0 Å². The van der Waals surface area contributed by atoms with E-state index in [1.54, 1.807) is 0 Å². The van der Waals surface area contributed by atoms with Crippen molar-refractivity contribution in [2.75, 3.05) is 0 Å². The maximum Gasteiger partial charge on any atom is 0.410 e. The van der Waals surface area contributed by atoms with Crippen LogP contribution in [-0.2, 0) is 11.3 Å². The van der Waals surface area contributed by atoms with E-state index in [0.717, 1.165) is 42.4 Å². The molecule has 4 rings (SSSR count). The van der Waals surface area contributed by atoms with Crippen molar-refractivity contribution < 1.29 is 9.53 Å². The number of aryl methyl sites for hydroxylation is 1. The molecule has 142 valence electrons. The second kappa shape index (κ2) is 7.90. The first-order valence-electron chi connectivity index (χ1n) is 9.86. The van der Waals surface area contributed by atoms with Gasteiger partial charge in [0, 0.05) is 6.04 Å². The number of carbonyl (C=O) groups excluding carboxylic acids is 1. The van der Waals surface area contributed by atoms with Crippen molar-refractivity contribution in [3.05, 3.63) is 76.9 Å². The number of rotatable bonds is 3. The van der Waals surface area contributed by atoms with E-state index < -0.39 is 0 Å². The van der Waals surface area contributed by atoms with Crippen LogP contribution in [0.3, 0.4) is 0 Å². The average molecular weight is 372 g/mol. The number of hydrogen-bond acceptors (Lipinski definition) is 3. The molecule has 4 nitrogen and oxygen atoms in total. The Labute approximate surface area is 166 Å². The Kier molecular flexibility index (Phi) is 5.16. The number of amides is 1. The predicted octanol–water partition coefficient (Wildman–Crippen LogP) is 5.21. The number of fused-ring (bicyclic) bond motifs is 2. The van der Waals surface area contributed by atoms with Crippen LogP contribution in [-0.4, -0.2) is 23.1 Å². The van der Waals surface area contributed by atoms with Gasteiger partial charge in [-0.3, -0.25) is 4.90 Å². The van der Waals surface area contributed by atoms with E-state index in [1.165, 1.54) is 5.57 Å². The van der Waals surface area contributed by atoms with Gasteiger partial charge in [0.15, 0.2) is 0 Å². The molecule has 1 saturated heterocycles. The number of hydrogen-bond donors (Lipinski definition) is 0. The number of ether oxygens (including phenoxy) is 1. The summed E-state index contributed by atoms with van der Waals surface area (Å²) in [7, 11) is 0. The lowest BCUT2D eigenvalue weighted by Crippen LogP contribution is -2.51. The van der Waals surface area contributed by atoms with Gasteiger partial charge in [0.2, 0.25) is 0 Å². The highest BCUT2D eigenvalue weighted by atomic mass is 16.6. The summed E-state index contributed by atoms with van der Waals surface area (Å²) in [6.07, 6.45) is 5.85. The monoisotopic (exact) mass is 372 g/mol. The first kappa shape index (κ1) is 18.3. The molecular weight excluding hydrogens is 348 g/mol. The van der Waals surface area contributed by atoms with Gasteiger partial charge in [0.25, 0.3) is 0 Å². The van der Waals surface area contributed by atoms with E-state index in [1.807, 2.05) is 54.3 Å². The van der Waals surface area contributed by atoms with Crippen LogP contribution in [0.1, 0.15) is 47.9 Å². The van der Waals surface area contributed by atoms with Gasteiger partial charge in [-0.2, -0.15) is 5.26 Å². The molecule has 0 aromatic heterocycles. The molecule has 2 bridgehead atoms. The van der Waals surface area contributed by atoms with Crippen molar-refractivity contribution in [2.45, 2.75) is 51.3 Å². The highest BCUT2D eigenvalue weighted by molar-refractivity contribution is 5.75. The molecule has 2 aliphatic heterocycles. The van der Waals surface area contributed by atoms with Crippen LogP contribution in [0.2, 0.25) is 0 Å². The van der Waals surface area contributed by atoms with Crippen LogP contribution in [0.25, 0.3) is 5.57 Å². The molecule has 2 heterocycles. The van der Waals surface area contributed by atoms with E-state index in [0.29, 0.717) is 12.2 Å². The molecule has 2 aromatic carbocycles. The number of nitriles is 1. The Morgan fingerprint density at radius 2 is 2.04 bits per heavy atom. The van der Waals surface area contributed by atoms with Crippen molar-refractivity contribution in [3.8, 4) is 6.07 Å². The Morgan fingerprint density at radius 3 is 2.79 bits per heavy atom. The number of carbonyl (C=O) groups is 1. The van der Waals surface area contributed by atoms with Crippen LogP contribution in [0.4, 0.5) is 4.79 Å². The highest BCUT2D eigenvalue weighted by Crippen LogP contribution is 2.37. The fraction of sp³-hybridized carbons (Fsp3) is 0.333. The smallest absolute Gasteiger partial charge is 0.410 e. The van der Waals surface area contributed by atoms with Crippen LogP contribution >= 0.6 is 0 Å². The largest absolute Gasteiger partial charge is 0.445 e. The van der Waals surface area contributed by atoms with Gasteiger partial charge in [0.1, 0.15) is 6.61 Å². The summed E-state index contributed by atoms with van der Waals surface area (Å²) in [4.78, 5) is 14.7. The Balaban J connectivity index is 1.52. The minimum absolute atomic E-state index is 0.0672. The lowest BCUT2D eigenvalue weighted by molar-refractivity contribution is 0.0510. The summed E-state index contributed by atoms with van der Waals surface area (Å²) in [5.41, 5.74) is 5.04. The molecule has 2 unspecified atom stereocenters. The van der Waals surface area contributed by atoms with Crippen molar-refractivity contribution in [2.24, 2.45) is 0 Å². The SMILES string of the molecule is Cc1ccc(C2=CC3CCCC(C2)N3C(=O)OCc2ccccc2)cc1C#N. The van der Waals surface area contributed by atoms with Crippen molar-refractivity contribution in [1.29, 1.82) is 5.26 Å². The van der Waals surface area contributed by atoms with Gasteiger partial charge in [-0.1, -0.05) is 48.5 Å². The molecule has 0 spiro atoms. The average Bonchev–Trinajstić information content (AvgIpc) is 2.72. The summed E-state index contributed by atoms with van der Waals surface area (Å²) in [6.45, 7) is 2.26. The number of piperidine rings is 1. The van der Waals surface area contributed by atoms with Crippen LogP contribution in [0.5, 0.6) is 0 Å². The zero-order valence-corrected chi connectivity index (χ0v) is 16.1. The Bertz CT molecular complexity index is 943. The van der Waals surface area contributed by atoms with Gasteiger partial charge < -0.3 is 4.74 Å². The number of benzene rings is 2. The third-order valence-electron chi connectivity index (χ3n) is 5.78. The molecule has 1 amide bonds. The first-order chi connectivity index (χ1) is 13.7. The summed E-state index contributed by atoms with van der Waals surface area (Å²) < 4.78 is 5.61. The molecule has 0 N–H and O–H groups in total. The van der Waals surface area contributed by atoms with E-state index in [9.17, 15) is 10.1 Å². The summed E-state index contributed by atoms with van der Waals surface area (Å²) in [5.74, 6) is 0. The fourth-order valence-corrected chi connectivity index (χ4v) is 4.26. The Hall–Kier alpha value is -3.06. The topological polar surface area (TPSA) is 53.3 Å². The minimum atomic E-state index is -0.226. The van der Waals surface area contributed by atoms with Gasteiger partial charge in [-0.25, -0.2) is 4.79 Å². The standard InChI is InChI=1S/C24H24N2O2/c1-17-10-11-19(12-21(17)15-25)20-13-22-8-5-9-23(14-20)26(22)24(27)28-16-18-6-3-2-4-7-18/h2-4,6-7,10-13,22-23H,5,8-9,14,16H2,1H3. The fourth-order valence-electron chi connectivity index (χ4n) is 4.26. The third kappa shape index (κ3) is 3.66. The molecule has 1 fully saturated rings. The molecule has 0 radical (unpaired) electrons. The first-order valence-corrected chi connectivity index (χ1v) is 9.86. The molecule has 2 aliphatic rings. The van der Waals surface area contributed by atoms with Gasteiger partial charge in [-0.05, 0) is 60.9 Å². The molecule has 28 heavy (non-hydrogen) atoms. The van der Waals surface area contributed by atoms with Crippen LogP contribution < -0.4 is 0 Å². The molecular formula is C24H24N2O2. The number of nitrogens with zero attached hydrogens (tertiary/aromatic N) is 2. The lowest BCUT2D eigenvalue weighted by atomic mass is 9.82. The second-order valence-electron chi connectivity index (χ2n) is 7.64. The maximum absolute atomic E-state index is 12.8. The molecule has 2 aromatic rings. The minimum Gasteiger partial charge on any atom is -0.445 e. The molecule has 4 heteroatoms. The molecule has 0 saturated carbocycles. The molecule has 2 atom stereocenters. The van der Waals surface area contributed by atoms with E-state index in [4.69, 9.17) is 4.74 Å². The van der Waals surface area contributed by atoms with Gasteiger partial charge >= 0.3 is 6.09 Å². The maximum atomic E-state index is 12.8. The normalized spacial score (nSPS) is 20.9. The lowest BCUT2D eigenvalue weighted by Gasteiger charge is -2.44. The van der Waals surface area contributed by atoms with Crippen LogP contribution in [0, 0.1) is 18.3 Å². The second-order valence-corrected chi connectivity index (χ2v) is 7.64. The summed E-state index contributed by atoms with van der Waals surface area (Å²) in [6, 6.07) is 18.3. The van der Waals surface area contributed by atoms with Gasteiger partial charge in [-0.15, -0.1) is 0 Å². The van der Waals surface area contributed by atoms with Gasteiger partial charge in [0.05, 0.1) is 17.7 Å². The summed E-state index contributed by atoms with van der Waals surface area (Å²) in [5, 5.41) is 9.33. The van der Waals surface area contributed by atoms with E-state index in [2.05, 4.69) is 18.2 Å². The van der Waals surface area contributed by atoms with Crippen LogP contribution in [0.15, 0.2) is 54.6 Å². The van der Waals surface area contributed by atoms with E-state index >= 15 is 0 Å². The zero-order chi connectivity index (χ0) is 19.5. The van der Waals surface area contributed by atoms with Crippen molar-refractivity contribution in [1.82, 2.24) is 4.90 Å². The third-order valence-corrected chi connectivity index (χ3v) is 5.78. The summed E-state index contributed by atoms with van der Waals surface area (Å²) >= 11 is 0. The predicted molar refractivity (Wildman–Crippen MR) is 108 cm³/mol. The van der Waals surface area contributed by atoms with Crippen molar-refractivity contribution >= 4 is 11.7 Å². The molecule has 0 aliphatic carbocycles. The van der Waals surface area contributed by atoms with E-state index in [-0.39, 0.29) is 18.2 Å². The highest BCUT2D eigenvalue weighted by Gasteiger charge is 2.38. The Morgan fingerprint density at radius 1 is 1.21 bits per heavy atom. The zero-order valence-electron chi connectivity index (χ0n) is 16.1. The quantitative estimate of drug-likeness (QED) is 0.743.